The molecule has 1 heterocycles. The normalized spacial score (nSPS) is 24.3. The van der Waals surface area contributed by atoms with Crippen LogP contribution in [0.5, 0.6) is 0 Å². The van der Waals surface area contributed by atoms with Crippen molar-refractivity contribution in [1.82, 2.24) is 10.2 Å². The van der Waals surface area contributed by atoms with E-state index in [1.165, 1.54) is 4.90 Å². The number of nitrogens with one attached hydrogen (secondary N) is 1. The van der Waals surface area contributed by atoms with Gasteiger partial charge >= 0.3 is 12.0 Å². The summed E-state index contributed by atoms with van der Waals surface area (Å²) in [6, 6.07) is -1.43. The van der Waals surface area contributed by atoms with Crippen LogP contribution in [0.25, 0.3) is 0 Å². The van der Waals surface area contributed by atoms with Crippen LogP contribution in [0, 0.1) is 11.8 Å². The number of carboxylic acids is 1. The maximum atomic E-state index is 12.2. The van der Waals surface area contributed by atoms with Gasteiger partial charge in [0.15, 0.2) is 0 Å². The molecule has 1 saturated heterocycles. The predicted molar refractivity (Wildman–Crippen MR) is 72.9 cm³/mol. The lowest BCUT2D eigenvalue weighted by atomic mass is 9.93. The van der Waals surface area contributed by atoms with Gasteiger partial charge in [-0.2, -0.15) is 0 Å². The molecule has 7 heteroatoms. The number of urea groups is 1. The lowest BCUT2D eigenvalue weighted by Crippen LogP contribution is -2.56. The van der Waals surface area contributed by atoms with Crippen molar-refractivity contribution in [3.63, 3.8) is 0 Å². The van der Waals surface area contributed by atoms with Gasteiger partial charge in [0.2, 0.25) is 5.91 Å². The van der Waals surface area contributed by atoms with Gasteiger partial charge in [-0.25, -0.2) is 9.59 Å². The van der Waals surface area contributed by atoms with E-state index in [-0.39, 0.29) is 24.4 Å². The maximum Gasteiger partial charge on any atom is 0.326 e. The largest absolute Gasteiger partial charge is 0.480 e. The summed E-state index contributed by atoms with van der Waals surface area (Å²) in [6.07, 6.45) is 1.34. The number of carbonyl (C=O) groups is 3. The highest BCUT2D eigenvalue weighted by molar-refractivity contribution is 5.84. The number of likely N-dealkylation sites (tertiary alicyclic amines) is 1. The molecule has 0 aromatic heterocycles. The van der Waals surface area contributed by atoms with Crippen molar-refractivity contribution in [3.8, 4) is 0 Å². The number of nitrogens with zero attached hydrogens (tertiary/aromatic N) is 1. The van der Waals surface area contributed by atoms with Gasteiger partial charge in [0.25, 0.3) is 0 Å². The summed E-state index contributed by atoms with van der Waals surface area (Å²) < 4.78 is 0. The Kier molecular flexibility index (Phi) is 5.35. The van der Waals surface area contributed by atoms with E-state index in [0.29, 0.717) is 12.8 Å². The number of hydrogen-bond donors (Lipinski definition) is 3. The molecule has 3 amide bonds. The van der Waals surface area contributed by atoms with E-state index in [1.54, 1.807) is 13.8 Å². The summed E-state index contributed by atoms with van der Waals surface area (Å²) in [5.74, 6) is -2.07. The topological polar surface area (TPSA) is 113 Å². The van der Waals surface area contributed by atoms with Crippen LogP contribution in [0.2, 0.25) is 0 Å². The molecular weight excluding hydrogens is 262 g/mol. The standard InChI is InChI=1S/C13H23N3O4/c1-7(2)10(12(18)19)15-13(20)16-6-9(11(14)17)5-4-8(16)3/h7-10H,4-6H2,1-3H3,(H2,14,17)(H,15,20)(H,18,19). The van der Waals surface area contributed by atoms with Gasteiger partial charge in [-0.05, 0) is 25.7 Å². The average Bonchev–Trinajstić information content (AvgIpc) is 2.34. The number of carbonyl (C=O) groups excluding carboxylic acids is 2. The number of piperidine rings is 1. The summed E-state index contributed by atoms with van der Waals surface area (Å²) in [7, 11) is 0. The minimum atomic E-state index is -1.07. The number of hydrogen-bond acceptors (Lipinski definition) is 3. The Bertz CT molecular complexity index is 397. The predicted octanol–water partition coefficient (Wildman–Crippen LogP) is 0.391. The molecule has 7 nitrogen and oxygen atoms in total. The summed E-state index contributed by atoms with van der Waals surface area (Å²) >= 11 is 0. The van der Waals surface area contributed by atoms with Gasteiger partial charge < -0.3 is 21.1 Å². The number of aliphatic carboxylic acids is 1. The molecular formula is C13H23N3O4. The minimum absolute atomic E-state index is 0.0350. The van der Waals surface area contributed by atoms with E-state index in [9.17, 15) is 14.4 Å². The lowest BCUT2D eigenvalue weighted by molar-refractivity contribution is -0.140. The van der Waals surface area contributed by atoms with Crippen molar-refractivity contribution in [2.75, 3.05) is 6.54 Å². The van der Waals surface area contributed by atoms with Gasteiger partial charge in [0.05, 0.1) is 5.92 Å². The second-order valence-electron chi connectivity index (χ2n) is 5.69. The third-order valence-corrected chi connectivity index (χ3v) is 3.76. The summed E-state index contributed by atoms with van der Waals surface area (Å²) in [5.41, 5.74) is 5.28. The first-order valence-electron chi connectivity index (χ1n) is 6.83. The van der Waals surface area contributed by atoms with Gasteiger partial charge in [-0.3, -0.25) is 4.79 Å². The maximum absolute atomic E-state index is 12.2. The van der Waals surface area contributed by atoms with Crippen LogP contribution in [0.4, 0.5) is 4.79 Å². The molecule has 0 spiro atoms. The molecule has 0 radical (unpaired) electrons. The third-order valence-electron chi connectivity index (χ3n) is 3.76. The van der Waals surface area contributed by atoms with Gasteiger partial charge in [0, 0.05) is 12.6 Å². The Balaban J connectivity index is 2.73. The fourth-order valence-electron chi connectivity index (χ4n) is 2.35. The van der Waals surface area contributed by atoms with Crippen molar-refractivity contribution < 1.29 is 19.5 Å². The first-order valence-corrected chi connectivity index (χ1v) is 6.83. The van der Waals surface area contributed by atoms with Crippen LogP contribution in [0.1, 0.15) is 33.6 Å². The molecule has 0 aromatic carbocycles. The second kappa shape index (κ2) is 6.58. The fraction of sp³-hybridized carbons (Fsp3) is 0.769. The molecule has 114 valence electrons. The Labute approximate surface area is 118 Å². The molecule has 1 aliphatic heterocycles. The van der Waals surface area contributed by atoms with Gasteiger partial charge in [-0.1, -0.05) is 13.8 Å². The quantitative estimate of drug-likeness (QED) is 0.693. The zero-order valence-electron chi connectivity index (χ0n) is 12.1. The van der Waals surface area contributed by atoms with E-state index in [1.807, 2.05) is 6.92 Å². The van der Waals surface area contributed by atoms with Crippen LogP contribution < -0.4 is 11.1 Å². The Morgan fingerprint density at radius 1 is 1.30 bits per heavy atom. The Morgan fingerprint density at radius 2 is 1.90 bits per heavy atom. The molecule has 3 atom stereocenters. The SMILES string of the molecule is CC(C)C(NC(=O)N1CC(C(N)=O)CCC1C)C(=O)O. The summed E-state index contributed by atoms with van der Waals surface area (Å²) in [6.45, 7) is 5.57. The highest BCUT2D eigenvalue weighted by Crippen LogP contribution is 2.22. The first-order chi connectivity index (χ1) is 9.23. The average molecular weight is 285 g/mol. The molecule has 0 aliphatic carbocycles. The Morgan fingerprint density at radius 3 is 2.35 bits per heavy atom. The summed E-state index contributed by atoms with van der Waals surface area (Å²) in [4.78, 5) is 36.0. The highest BCUT2D eigenvalue weighted by atomic mass is 16.4. The molecule has 1 fully saturated rings. The van der Waals surface area contributed by atoms with E-state index in [2.05, 4.69) is 5.32 Å². The monoisotopic (exact) mass is 285 g/mol. The van der Waals surface area contributed by atoms with E-state index < -0.39 is 23.9 Å². The van der Waals surface area contributed by atoms with Crippen LogP contribution >= 0.6 is 0 Å². The van der Waals surface area contributed by atoms with Crippen LogP contribution in [0.15, 0.2) is 0 Å². The second-order valence-corrected chi connectivity index (χ2v) is 5.69. The number of primary amides is 1. The van der Waals surface area contributed by atoms with Crippen LogP contribution in [-0.4, -0.2) is 46.5 Å². The van der Waals surface area contributed by atoms with Gasteiger partial charge in [-0.15, -0.1) is 0 Å². The molecule has 0 saturated carbocycles. The number of carboxylic acid groups (broad SMARTS) is 1. The fourth-order valence-corrected chi connectivity index (χ4v) is 2.35. The highest BCUT2D eigenvalue weighted by Gasteiger charge is 2.33. The number of nitrogens with two attached hydrogens (primary N) is 1. The van der Waals surface area contributed by atoms with Gasteiger partial charge in [0.1, 0.15) is 6.04 Å². The van der Waals surface area contributed by atoms with Crippen molar-refractivity contribution in [2.45, 2.75) is 45.7 Å². The van der Waals surface area contributed by atoms with E-state index in [0.717, 1.165) is 0 Å². The van der Waals surface area contributed by atoms with Crippen LogP contribution in [-0.2, 0) is 9.59 Å². The third kappa shape index (κ3) is 3.85. The molecule has 4 N–H and O–H groups in total. The Hall–Kier alpha value is -1.79. The lowest BCUT2D eigenvalue weighted by Gasteiger charge is -2.37. The molecule has 3 unspecified atom stereocenters. The van der Waals surface area contributed by atoms with Crippen molar-refractivity contribution >= 4 is 17.9 Å². The van der Waals surface area contributed by atoms with Crippen molar-refractivity contribution in [2.24, 2.45) is 17.6 Å². The van der Waals surface area contributed by atoms with E-state index >= 15 is 0 Å². The molecule has 0 bridgehead atoms. The van der Waals surface area contributed by atoms with Crippen LogP contribution in [0.3, 0.4) is 0 Å². The molecule has 20 heavy (non-hydrogen) atoms. The minimum Gasteiger partial charge on any atom is -0.480 e. The van der Waals surface area contributed by atoms with E-state index in [4.69, 9.17) is 10.8 Å². The number of rotatable bonds is 4. The van der Waals surface area contributed by atoms with Crippen molar-refractivity contribution in [3.05, 3.63) is 0 Å². The first kappa shape index (κ1) is 16.3. The molecule has 0 aromatic rings. The number of amides is 3. The molecule has 1 rings (SSSR count). The smallest absolute Gasteiger partial charge is 0.326 e. The van der Waals surface area contributed by atoms with Crippen molar-refractivity contribution in [1.29, 1.82) is 0 Å². The molecule has 1 aliphatic rings. The zero-order chi connectivity index (χ0) is 15.4. The zero-order valence-corrected chi connectivity index (χ0v) is 12.1. The summed E-state index contributed by atoms with van der Waals surface area (Å²) in [5, 5.41) is 11.6.